The van der Waals surface area contributed by atoms with Crippen molar-refractivity contribution in [2.75, 3.05) is 27.2 Å². The Balaban J connectivity index is 0.00000242. The van der Waals surface area contributed by atoms with Crippen molar-refractivity contribution in [3.8, 4) is 0 Å². The van der Waals surface area contributed by atoms with Crippen molar-refractivity contribution in [2.45, 2.75) is 23.8 Å². The quantitative estimate of drug-likeness (QED) is 0.829. The Bertz CT molecular complexity index is 615. The molecule has 0 unspecified atom stereocenters. The lowest BCUT2D eigenvalue weighted by Gasteiger charge is -2.30. The second-order valence-electron chi connectivity index (χ2n) is 5.02. The molecular weight excluding hydrogens is 328 g/mol. The number of hydrogen-bond acceptors (Lipinski definition) is 5. The number of piperidine rings is 1. The molecule has 8 heteroatoms. The molecule has 124 valence electrons. The molecule has 1 aliphatic heterocycles. The summed E-state index contributed by atoms with van der Waals surface area (Å²) in [6, 6.07) is 5.93. The summed E-state index contributed by atoms with van der Waals surface area (Å²) < 4.78 is 31.3. The summed E-state index contributed by atoms with van der Waals surface area (Å²) in [4.78, 5) is 11.6. The molecule has 1 heterocycles. The number of nitrogens with zero attached hydrogens (tertiary/aromatic N) is 1. The fourth-order valence-corrected chi connectivity index (χ4v) is 3.90. The standard InChI is InChI=1S/C14H20N2O4S.ClH/c1-16(12-6-8-15-9-7-12)21(18,19)13-5-3-4-11(10-13)14(17)20-2;/h3-5,10,12,15H,6-9H2,1-2H3;1H. The highest BCUT2D eigenvalue weighted by Crippen LogP contribution is 2.21. The van der Waals surface area contributed by atoms with Gasteiger partial charge in [-0.1, -0.05) is 6.07 Å². The molecule has 0 amide bonds. The van der Waals surface area contributed by atoms with Gasteiger partial charge in [0.2, 0.25) is 10.0 Å². The third-order valence-corrected chi connectivity index (χ3v) is 5.66. The van der Waals surface area contributed by atoms with Gasteiger partial charge in [0, 0.05) is 13.1 Å². The molecular formula is C14H21ClN2O4S. The van der Waals surface area contributed by atoms with Gasteiger partial charge in [-0.2, -0.15) is 4.31 Å². The monoisotopic (exact) mass is 348 g/mol. The minimum absolute atomic E-state index is 0. The van der Waals surface area contributed by atoms with Gasteiger partial charge in [-0.25, -0.2) is 13.2 Å². The predicted molar refractivity (Wildman–Crippen MR) is 85.9 cm³/mol. The van der Waals surface area contributed by atoms with Crippen molar-refractivity contribution < 1.29 is 17.9 Å². The number of ether oxygens (including phenoxy) is 1. The fourth-order valence-electron chi connectivity index (χ4n) is 2.43. The molecule has 1 aromatic carbocycles. The number of carbonyl (C=O) groups is 1. The molecule has 1 saturated heterocycles. The van der Waals surface area contributed by atoms with Crippen molar-refractivity contribution in [2.24, 2.45) is 0 Å². The van der Waals surface area contributed by atoms with Crippen LogP contribution in [0, 0.1) is 0 Å². The average Bonchev–Trinajstić information content (AvgIpc) is 2.54. The normalized spacial score (nSPS) is 16.1. The molecule has 2 rings (SSSR count). The summed E-state index contributed by atoms with van der Waals surface area (Å²) >= 11 is 0. The van der Waals surface area contributed by atoms with Crippen LogP contribution in [0.25, 0.3) is 0 Å². The maximum atomic E-state index is 12.6. The lowest BCUT2D eigenvalue weighted by molar-refractivity contribution is 0.0600. The number of halogens is 1. The molecule has 0 bridgehead atoms. The SMILES string of the molecule is COC(=O)c1cccc(S(=O)(=O)N(C)C2CCNCC2)c1.Cl. The summed E-state index contributed by atoms with van der Waals surface area (Å²) in [5, 5.41) is 3.21. The van der Waals surface area contributed by atoms with Crippen LogP contribution in [0.3, 0.4) is 0 Å². The third-order valence-electron chi connectivity index (χ3n) is 3.76. The van der Waals surface area contributed by atoms with Crippen LogP contribution in [0.15, 0.2) is 29.2 Å². The highest BCUT2D eigenvalue weighted by molar-refractivity contribution is 7.89. The second kappa shape index (κ2) is 7.92. The van der Waals surface area contributed by atoms with Crippen molar-refractivity contribution >= 4 is 28.4 Å². The van der Waals surface area contributed by atoms with Crippen LogP contribution in [0.1, 0.15) is 23.2 Å². The summed E-state index contributed by atoms with van der Waals surface area (Å²) in [5.74, 6) is -0.545. The summed E-state index contributed by atoms with van der Waals surface area (Å²) in [5.41, 5.74) is 0.234. The molecule has 0 saturated carbocycles. The van der Waals surface area contributed by atoms with Crippen LogP contribution in [-0.2, 0) is 14.8 Å². The van der Waals surface area contributed by atoms with Crippen molar-refractivity contribution in [1.29, 1.82) is 0 Å². The van der Waals surface area contributed by atoms with Gasteiger partial charge in [0.25, 0.3) is 0 Å². The van der Waals surface area contributed by atoms with E-state index in [-0.39, 0.29) is 28.9 Å². The first-order chi connectivity index (χ1) is 9.96. The average molecular weight is 349 g/mol. The van der Waals surface area contributed by atoms with Crippen LogP contribution in [0.5, 0.6) is 0 Å². The first-order valence-electron chi connectivity index (χ1n) is 6.84. The molecule has 0 aliphatic carbocycles. The molecule has 1 aliphatic rings. The van der Waals surface area contributed by atoms with E-state index in [2.05, 4.69) is 10.1 Å². The summed E-state index contributed by atoms with van der Waals surface area (Å²) in [7, 11) is -0.743. The number of carbonyl (C=O) groups excluding carboxylic acids is 1. The lowest BCUT2D eigenvalue weighted by Crippen LogP contribution is -2.43. The highest BCUT2D eigenvalue weighted by Gasteiger charge is 2.29. The predicted octanol–water partition coefficient (Wildman–Crippen LogP) is 1.27. The van der Waals surface area contributed by atoms with Crippen LogP contribution >= 0.6 is 12.4 Å². The maximum Gasteiger partial charge on any atom is 0.337 e. The Labute approximate surface area is 137 Å². The lowest BCUT2D eigenvalue weighted by atomic mass is 10.1. The van der Waals surface area contributed by atoms with Crippen molar-refractivity contribution in [3.05, 3.63) is 29.8 Å². The topological polar surface area (TPSA) is 75.7 Å². The van der Waals surface area contributed by atoms with E-state index >= 15 is 0 Å². The van der Waals surface area contributed by atoms with Gasteiger partial charge in [0.05, 0.1) is 17.6 Å². The largest absolute Gasteiger partial charge is 0.465 e. The van der Waals surface area contributed by atoms with Crippen LogP contribution in [0.2, 0.25) is 0 Å². The second-order valence-corrected chi connectivity index (χ2v) is 7.02. The molecule has 0 radical (unpaired) electrons. The first-order valence-corrected chi connectivity index (χ1v) is 8.28. The number of nitrogens with one attached hydrogen (secondary N) is 1. The number of benzene rings is 1. The Morgan fingerprint density at radius 3 is 2.55 bits per heavy atom. The number of sulfonamides is 1. The smallest absolute Gasteiger partial charge is 0.337 e. The van der Waals surface area contributed by atoms with Gasteiger partial charge in [0.1, 0.15) is 0 Å². The molecule has 1 fully saturated rings. The fraction of sp³-hybridized carbons (Fsp3) is 0.500. The Kier molecular flexibility index (Phi) is 6.80. The maximum absolute atomic E-state index is 12.6. The van der Waals surface area contributed by atoms with Crippen LogP contribution < -0.4 is 5.32 Å². The Morgan fingerprint density at radius 1 is 1.32 bits per heavy atom. The van der Waals surface area contributed by atoms with E-state index in [0.717, 1.165) is 25.9 Å². The Hall–Kier alpha value is -1.15. The van der Waals surface area contributed by atoms with E-state index in [1.54, 1.807) is 13.1 Å². The van der Waals surface area contributed by atoms with Gasteiger partial charge in [-0.3, -0.25) is 0 Å². The van der Waals surface area contributed by atoms with Crippen LogP contribution in [-0.4, -0.2) is 52.0 Å². The van der Waals surface area contributed by atoms with Crippen LogP contribution in [0.4, 0.5) is 0 Å². The molecule has 6 nitrogen and oxygen atoms in total. The van der Waals surface area contributed by atoms with Gasteiger partial charge >= 0.3 is 5.97 Å². The molecule has 0 spiro atoms. The third kappa shape index (κ3) is 3.98. The van der Waals surface area contributed by atoms with Gasteiger partial charge < -0.3 is 10.1 Å². The molecule has 0 aromatic heterocycles. The zero-order valence-corrected chi connectivity index (χ0v) is 14.2. The van der Waals surface area contributed by atoms with Gasteiger partial charge in [0.15, 0.2) is 0 Å². The van der Waals surface area contributed by atoms with Gasteiger partial charge in [-0.15, -0.1) is 12.4 Å². The van der Waals surface area contributed by atoms with E-state index < -0.39 is 16.0 Å². The molecule has 22 heavy (non-hydrogen) atoms. The number of methoxy groups -OCH3 is 1. The minimum Gasteiger partial charge on any atom is -0.465 e. The zero-order chi connectivity index (χ0) is 15.5. The van der Waals surface area contributed by atoms with E-state index in [1.165, 1.54) is 29.6 Å². The first kappa shape index (κ1) is 18.9. The number of esters is 1. The number of rotatable bonds is 4. The van der Waals surface area contributed by atoms with Crippen molar-refractivity contribution in [3.63, 3.8) is 0 Å². The van der Waals surface area contributed by atoms with Crippen molar-refractivity contribution in [1.82, 2.24) is 9.62 Å². The molecule has 1 N–H and O–H groups in total. The molecule has 1 aromatic rings. The zero-order valence-electron chi connectivity index (χ0n) is 12.6. The minimum atomic E-state index is -3.61. The number of hydrogen-bond donors (Lipinski definition) is 1. The summed E-state index contributed by atoms with van der Waals surface area (Å²) in [6.07, 6.45) is 1.57. The molecule has 0 atom stereocenters. The van der Waals surface area contributed by atoms with E-state index in [4.69, 9.17) is 0 Å². The van der Waals surface area contributed by atoms with E-state index in [1.807, 2.05) is 0 Å². The van der Waals surface area contributed by atoms with E-state index in [0.29, 0.717) is 0 Å². The van der Waals surface area contributed by atoms with E-state index in [9.17, 15) is 13.2 Å². The summed E-state index contributed by atoms with van der Waals surface area (Å²) in [6.45, 7) is 1.62. The Morgan fingerprint density at radius 2 is 1.95 bits per heavy atom. The highest BCUT2D eigenvalue weighted by atomic mass is 35.5. The van der Waals surface area contributed by atoms with Gasteiger partial charge in [-0.05, 0) is 44.1 Å².